The standard InChI is InChI=1S/C18H13FNO3/c1-10-14-8-15(11-2-3-11)16(20(21)22)9-17(14)23-18(10)12-4-6-13(19)7-5-12/h4-9,11H,1-3H2. The Balaban J connectivity index is 1.93. The third-order valence-electron chi connectivity index (χ3n) is 4.26. The number of furan rings is 1. The van der Waals surface area contributed by atoms with E-state index in [0.717, 1.165) is 23.8 Å². The lowest BCUT2D eigenvalue weighted by molar-refractivity contribution is -0.385. The third kappa shape index (κ3) is 2.29. The van der Waals surface area contributed by atoms with Gasteiger partial charge in [-0.15, -0.1) is 0 Å². The van der Waals surface area contributed by atoms with Crippen molar-refractivity contribution in [2.75, 3.05) is 0 Å². The van der Waals surface area contributed by atoms with Crippen LogP contribution in [0.1, 0.15) is 29.9 Å². The minimum atomic E-state index is -0.365. The Morgan fingerprint density at radius 1 is 1.22 bits per heavy atom. The molecular weight excluding hydrogens is 297 g/mol. The van der Waals surface area contributed by atoms with Crippen molar-refractivity contribution < 1.29 is 13.7 Å². The lowest BCUT2D eigenvalue weighted by Crippen LogP contribution is -1.93. The topological polar surface area (TPSA) is 56.3 Å². The molecule has 0 amide bonds. The van der Waals surface area contributed by atoms with E-state index in [2.05, 4.69) is 6.92 Å². The Morgan fingerprint density at radius 2 is 1.91 bits per heavy atom. The van der Waals surface area contributed by atoms with E-state index in [0.29, 0.717) is 22.5 Å². The van der Waals surface area contributed by atoms with Gasteiger partial charge in [0.25, 0.3) is 5.69 Å². The van der Waals surface area contributed by atoms with Gasteiger partial charge in [-0.1, -0.05) is 0 Å². The van der Waals surface area contributed by atoms with Crippen LogP contribution in [0.15, 0.2) is 40.8 Å². The van der Waals surface area contributed by atoms with Gasteiger partial charge < -0.3 is 4.42 Å². The van der Waals surface area contributed by atoms with Crippen molar-refractivity contribution in [2.45, 2.75) is 18.8 Å². The highest BCUT2D eigenvalue weighted by molar-refractivity contribution is 5.91. The molecule has 1 fully saturated rings. The molecule has 0 bridgehead atoms. The smallest absolute Gasteiger partial charge is 0.276 e. The molecule has 1 radical (unpaired) electrons. The normalized spacial score (nSPS) is 14.3. The van der Waals surface area contributed by atoms with Crippen LogP contribution in [0, 0.1) is 22.9 Å². The SMILES string of the molecule is [CH2]c1c(-c2ccc(F)cc2)oc2cc([N+](=O)[O-])c(C3CC3)cc12. The average molecular weight is 310 g/mol. The summed E-state index contributed by atoms with van der Waals surface area (Å²) in [5.41, 5.74) is 2.65. The van der Waals surface area contributed by atoms with Crippen LogP contribution in [0.5, 0.6) is 0 Å². The molecular formula is C18H13FNO3. The molecule has 0 spiro atoms. The molecule has 4 rings (SSSR count). The number of nitro groups is 1. The molecule has 0 atom stereocenters. The first kappa shape index (κ1) is 13.9. The number of benzene rings is 2. The number of hydrogen-bond acceptors (Lipinski definition) is 3. The second kappa shape index (κ2) is 4.91. The zero-order chi connectivity index (χ0) is 16.1. The first-order valence-electron chi connectivity index (χ1n) is 7.37. The van der Waals surface area contributed by atoms with Crippen molar-refractivity contribution >= 4 is 16.7 Å². The fraction of sp³-hybridized carbons (Fsp3) is 0.167. The molecule has 0 saturated heterocycles. The molecule has 5 heteroatoms. The van der Waals surface area contributed by atoms with Crippen molar-refractivity contribution in [3.05, 3.63) is 70.4 Å². The van der Waals surface area contributed by atoms with E-state index in [1.807, 2.05) is 6.07 Å². The highest BCUT2D eigenvalue weighted by Crippen LogP contribution is 2.46. The van der Waals surface area contributed by atoms with Crippen molar-refractivity contribution in [3.8, 4) is 11.3 Å². The summed E-state index contributed by atoms with van der Waals surface area (Å²) in [5, 5.41) is 12.1. The molecule has 23 heavy (non-hydrogen) atoms. The zero-order valence-electron chi connectivity index (χ0n) is 12.2. The summed E-state index contributed by atoms with van der Waals surface area (Å²) in [6.07, 6.45) is 1.95. The highest BCUT2D eigenvalue weighted by Gasteiger charge is 2.32. The Hall–Kier alpha value is -2.69. The molecule has 0 N–H and O–H groups in total. The fourth-order valence-electron chi connectivity index (χ4n) is 2.91. The Labute approximate surface area is 131 Å². The van der Waals surface area contributed by atoms with E-state index < -0.39 is 0 Å². The molecule has 0 unspecified atom stereocenters. The van der Waals surface area contributed by atoms with Gasteiger partial charge in [-0.05, 0) is 56.0 Å². The molecule has 1 aromatic heterocycles. The quantitative estimate of drug-likeness (QED) is 0.493. The van der Waals surface area contributed by atoms with E-state index in [1.165, 1.54) is 18.2 Å². The third-order valence-corrected chi connectivity index (χ3v) is 4.26. The van der Waals surface area contributed by atoms with Gasteiger partial charge in [0.2, 0.25) is 0 Å². The van der Waals surface area contributed by atoms with E-state index in [-0.39, 0.29) is 22.3 Å². The Bertz CT molecular complexity index is 924. The van der Waals surface area contributed by atoms with Gasteiger partial charge in [0.15, 0.2) is 0 Å². The lowest BCUT2D eigenvalue weighted by atomic mass is 10.0. The van der Waals surface area contributed by atoms with Crippen molar-refractivity contribution in [1.82, 2.24) is 0 Å². The summed E-state index contributed by atoms with van der Waals surface area (Å²) in [6, 6.07) is 9.21. The molecule has 0 aliphatic heterocycles. The zero-order valence-corrected chi connectivity index (χ0v) is 12.2. The minimum Gasteiger partial charge on any atom is -0.456 e. The van der Waals surface area contributed by atoms with Crippen LogP contribution < -0.4 is 0 Å². The maximum absolute atomic E-state index is 13.1. The van der Waals surface area contributed by atoms with Crippen molar-refractivity contribution in [2.24, 2.45) is 0 Å². The summed E-state index contributed by atoms with van der Waals surface area (Å²) in [4.78, 5) is 10.9. The summed E-state index contributed by atoms with van der Waals surface area (Å²) in [5.74, 6) is 0.438. The summed E-state index contributed by atoms with van der Waals surface area (Å²) in [7, 11) is 0. The van der Waals surface area contributed by atoms with Crippen LogP contribution in [0.25, 0.3) is 22.3 Å². The molecule has 1 heterocycles. The van der Waals surface area contributed by atoms with Crippen molar-refractivity contribution in [3.63, 3.8) is 0 Å². The number of halogens is 1. The number of hydrogen-bond donors (Lipinski definition) is 0. The fourth-order valence-corrected chi connectivity index (χ4v) is 2.91. The largest absolute Gasteiger partial charge is 0.456 e. The first-order chi connectivity index (χ1) is 11.0. The van der Waals surface area contributed by atoms with Gasteiger partial charge in [-0.2, -0.15) is 0 Å². The van der Waals surface area contributed by atoms with Crippen LogP contribution in [0.3, 0.4) is 0 Å². The molecule has 1 aliphatic rings. The first-order valence-corrected chi connectivity index (χ1v) is 7.37. The van der Waals surface area contributed by atoms with Gasteiger partial charge in [0.1, 0.15) is 17.2 Å². The molecule has 2 aromatic carbocycles. The number of nitrogens with zero attached hydrogens (tertiary/aromatic N) is 1. The van der Waals surface area contributed by atoms with Gasteiger partial charge in [0, 0.05) is 22.1 Å². The molecule has 1 saturated carbocycles. The summed E-state index contributed by atoms with van der Waals surface area (Å²) in [6.45, 7) is 4.05. The maximum atomic E-state index is 13.1. The van der Waals surface area contributed by atoms with Crippen molar-refractivity contribution in [1.29, 1.82) is 0 Å². The van der Waals surface area contributed by atoms with Crippen LogP contribution in [0.2, 0.25) is 0 Å². The average Bonchev–Trinajstić information content (AvgIpc) is 3.32. The molecule has 3 aromatic rings. The number of fused-ring (bicyclic) bond motifs is 1. The van der Waals surface area contributed by atoms with Gasteiger partial charge >= 0.3 is 0 Å². The van der Waals surface area contributed by atoms with E-state index in [1.54, 1.807) is 12.1 Å². The molecule has 115 valence electrons. The number of nitro benzene ring substituents is 1. The van der Waals surface area contributed by atoms with E-state index >= 15 is 0 Å². The second-order valence-electron chi connectivity index (χ2n) is 5.86. The Kier molecular flexibility index (Phi) is 2.98. The van der Waals surface area contributed by atoms with Crippen LogP contribution in [0.4, 0.5) is 10.1 Å². The molecule has 1 aliphatic carbocycles. The van der Waals surface area contributed by atoms with Crippen LogP contribution in [-0.2, 0) is 0 Å². The van der Waals surface area contributed by atoms with Crippen LogP contribution in [-0.4, -0.2) is 4.92 Å². The highest BCUT2D eigenvalue weighted by atomic mass is 19.1. The van der Waals surface area contributed by atoms with Gasteiger partial charge in [-0.3, -0.25) is 10.1 Å². The summed E-state index contributed by atoms with van der Waals surface area (Å²) >= 11 is 0. The predicted octanol–water partition coefficient (Wildman–Crippen LogP) is 5.21. The lowest BCUT2D eigenvalue weighted by Gasteiger charge is -2.01. The van der Waals surface area contributed by atoms with Gasteiger partial charge in [-0.25, -0.2) is 4.39 Å². The predicted molar refractivity (Wildman–Crippen MR) is 84.7 cm³/mol. The molecule has 4 nitrogen and oxygen atoms in total. The van der Waals surface area contributed by atoms with E-state index in [9.17, 15) is 14.5 Å². The number of rotatable bonds is 3. The monoisotopic (exact) mass is 310 g/mol. The second-order valence-corrected chi connectivity index (χ2v) is 5.86. The van der Waals surface area contributed by atoms with Gasteiger partial charge in [0.05, 0.1) is 11.0 Å². The Morgan fingerprint density at radius 3 is 2.52 bits per heavy atom. The maximum Gasteiger partial charge on any atom is 0.276 e. The van der Waals surface area contributed by atoms with Crippen LogP contribution >= 0.6 is 0 Å². The summed E-state index contributed by atoms with van der Waals surface area (Å²) < 4.78 is 18.9. The minimum absolute atomic E-state index is 0.0967. The van der Waals surface area contributed by atoms with E-state index in [4.69, 9.17) is 4.42 Å².